The molecule has 1 aromatic heterocycles. The maximum absolute atomic E-state index is 6.20. The molecule has 0 spiro atoms. The number of hydrogen-bond donors (Lipinski definition) is 0. The summed E-state index contributed by atoms with van der Waals surface area (Å²) in [6, 6.07) is 13.5. The highest BCUT2D eigenvalue weighted by Crippen LogP contribution is 2.27. The lowest BCUT2D eigenvalue weighted by Gasteiger charge is -2.10. The molecule has 0 aliphatic carbocycles. The zero-order valence-corrected chi connectivity index (χ0v) is 17.2. The Morgan fingerprint density at radius 2 is 2.04 bits per heavy atom. The van der Waals surface area contributed by atoms with Gasteiger partial charge in [-0.3, -0.25) is 4.57 Å². The lowest BCUT2D eigenvalue weighted by Crippen LogP contribution is -2.07. The van der Waals surface area contributed by atoms with Gasteiger partial charge in [-0.2, -0.15) is 0 Å². The van der Waals surface area contributed by atoms with Gasteiger partial charge in [0, 0.05) is 17.3 Å². The predicted octanol–water partition coefficient (Wildman–Crippen LogP) is 5.95. The monoisotopic (exact) mass is 419 g/mol. The summed E-state index contributed by atoms with van der Waals surface area (Å²) in [6.07, 6.45) is 1.82. The molecule has 3 rings (SSSR count). The Labute approximate surface area is 173 Å². The van der Waals surface area contributed by atoms with Crippen LogP contribution in [0.4, 0.5) is 0 Å². The second-order valence-electron chi connectivity index (χ2n) is 5.94. The van der Waals surface area contributed by atoms with Crippen LogP contribution in [-0.2, 0) is 18.9 Å². The molecule has 0 aliphatic rings. The maximum atomic E-state index is 6.20. The van der Waals surface area contributed by atoms with E-state index in [1.165, 1.54) is 0 Å². The molecule has 0 fully saturated rings. The first-order valence-corrected chi connectivity index (χ1v) is 10.1. The number of nitrogens with zero attached hydrogens (tertiary/aromatic N) is 3. The van der Waals surface area contributed by atoms with Crippen LogP contribution in [0.15, 0.2) is 60.3 Å². The molecule has 140 valence electrons. The predicted molar refractivity (Wildman–Crippen MR) is 112 cm³/mol. The number of aromatic nitrogens is 3. The second kappa shape index (κ2) is 9.31. The number of rotatable bonds is 8. The Kier molecular flexibility index (Phi) is 6.83. The number of allylic oxidation sites excluding steroid dienone is 1. The van der Waals surface area contributed by atoms with Gasteiger partial charge in [0.1, 0.15) is 12.4 Å². The number of hydrogen-bond acceptors (Lipinski definition) is 4. The van der Waals surface area contributed by atoms with Crippen molar-refractivity contribution in [3.63, 3.8) is 0 Å². The van der Waals surface area contributed by atoms with Crippen LogP contribution in [0.5, 0.6) is 5.75 Å². The van der Waals surface area contributed by atoms with Gasteiger partial charge in [0.25, 0.3) is 0 Å². The summed E-state index contributed by atoms with van der Waals surface area (Å²) in [5.74, 6) is 2.11. The van der Waals surface area contributed by atoms with Crippen LogP contribution in [-0.4, -0.2) is 14.8 Å². The van der Waals surface area contributed by atoms with Crippen molar-refractivity contribution in [3.8, 4) is 5.75 Å². The van der Waals surface area contributed by atoms with Gasteiger partial charge in [0.2, 0.25) is 0 Å². The minimum Gasteiger partial charge on any atom is -0.484 e. The van der Waals surface area contributed by atoms with Crippen LogP contribution in [0.1, 0.15) is 17.0 Å². The third-order valence-corrected chi connectivity index (χ3v) is 5.39. The summed E-state index contributed by atoms with van der Waals surface area (Å²) < 4.78 is 7.86. The summed E-state index contributed by atoms with van der Waals surface area (Å²) in [6.45, 7) is 6.70. The normalized spacial score (nSPS) is 10.8. The van der Waals surface area contributed by atoms with E-state index < -0.39 is 0 Å². The zero-order chi connectivity index (χ0) is 19.2. The van der Waals surface area contributed by atoms with Gasteiger partial charge in [-0.1, -0.05) is 59.2 Å². The van der Waals surface area contributed by atoms with E-state index in [0.717, 1.165) is 32.9 Å². The Balaban J connectivity index is 1.72. The Morgan fingerprint density at radius 1 is 1.19 bits per heavy atom. The quantitative estimate of drug-likeness (QED) is 0.334. The summed E-state index contributed by atoms with van der Waals surface area (Å²) in [7, 11) is 0. The van der Waals surface area contributed by atoms with Crippen LogP contribution in [0.2, 0.25) is 10.0 Å². The molecule has 0 bridgehead atoms. The van der Waals surface area contributed by atoms with Crippen molar-refractivity contribution in [2.45, 2.75) is 31.0 Å². The van der Waals surface area contributed by atoms with Crippen molar-refractivity contribution >= 4 is 35.0 Å². The molecule has 0 saturated heterocycles. The molecule has 0 amide bonds. The van der Waals surface area contributed by atoms with Crippen LogP contribution in [0, 0.1) is 6.92 Å². The van der Waals surface area contributed by atoms with Crippen LogP contribution < -0.4 is 4.74 Å². The third kappa shape index (κ3) is 5.28. The Bertz CT molecular complexity index is 943. The SMILES string of the molecule is C=CCn1c(COc2cc(C)ccc2Cl)nnc1SCc1cccc(Cl)c1. The van der Waals surface area contributed by atoms with Crippen LogP contribution >= 0.6 is 35.0 Å². The summed E-state index contributed by atoms with van der Waals surface area (Å²) in [5, 5.41) is 10.7. The van der Waals surface area contributed by atoms with Gasteiger partial charge in [-0.25, -0.2) is 0 Å². The van der Waals surface area contributed by atoms with Gasteiger partial charge in [-0.05, 0) is 42.3 Å². The summed E-state index contributed by atoms with van der Waals surface area (Å²) >= 11 is 13.9. The number of ether oxygens (including phenoxy) is 1. The van der Waals surface area contributed by atoms with E-state index in [9.17, 15) is 0 Å². The van der Waals surface area contributed by atoms with Crippen molar-refractivity contribution in [2.75, 3.05) is 0 Å². The van der Waals surface area contributed by atoms with Crippen LogP contribution in [0.25, 0.3) is 0 Å². The molecular formula is C20H19Cl2N3OS. The van der Waals surface area contributed by atoms with Crippen molar-refractivity contribution in [2.24, 2.45) is 0 Å². The zero-order valence-electron chi connectivity index (χ0n) is 14.9. The fourth-order valence-electron chi connectivity index (χ4n) is 2.48. The fraction of sp³-hybridized carbons (Fsp3) is 0.200. The highest BCUT2D eigenvalue weighted by atomic mass is 35.5. The van der Waals surface area contributed by atoms with Gasteiger partial charge in [-0.15, -0.1) is 16.8 Å². The Hall–Kier alpha value is -1.95. The van der Waals surface area contributed by atoms with Crippen molar-refractivity contribution in [1.29, 1.82) is 0 Å². The molecule has 0 aliphatic heterocycles. The summed E-state index contributed by atoms with van der Waals surface area (Å²) in [5.41, 5.74) is 2.21. The summed E-state index contributed by atoms with van der Waals surface area (Å²) in [4.78, 5) is 0. The minimum absolute atomic E-state index is 0.280. The lowest BCUT2D eigenvalue weighted by atomic mass is 10.2. The maximum Gasteiger partial charge on any atom is 0.191 e. The Morgan fingerprint density at radius 3 is 2.81 bits per heavy atom. The lowest BCUT2D eigenvalue weighted by molar-refractivity contribution is 0.289. The van der Waals surface area contributed by atoms with Gasteiger partial charge < -0.3 is 4.74 Å². The number of benzene rings is 2. The number of halogens is 2. The smallest absolute Gasteiger partial charge is 0.191 e. The third-order valence-electron chi connectivity index (χ3n) is 3.81. The molecule has 0 unspecified atom stereocenters. The topological polar surface area (TPSA) is 39.9 Å². The molecule has 7 heteroatoms. The highest BCUT2D eigenvalue weighted by molar-refractivity contribution is 7.98. The van der Waals surface area contributed by atoms with Crippen molar-refractivity contribution in [1.82, 2.24) is 14.8 Å². The van der Waals surface area contributed by atoms with E-state index in [1.54, 1.807) is 11.8 Å². The first-order valence-electron chi connectivity index (χ1n) is 8.36. The molecule has 0 radical (unpaired) electrons. The minimum atomic E-state index is 0.280. The molecule has 1 heterocycles. The van der Waals surface area contributed by atoms with Crippen LogP contribution in [0.3, 0.4) is 0 Å². The molecular weight excluding hydrogens is 401 g/mol. The number of thioether (sulfide) groups is 1. The molecule has 27 heavy (non-hydrogen) atoms. The first-order chi connectivity index (χ1) is 13.1. The molecule has 0 saturated carbocycles. The van der Waals surface area contributed by atoms with E-state index >= 15 is 0 Å². The van der Waals surface area contributed by atoms with Gasteiger partial charge in [0.05, 0.1) is 5.02 Å². The molecule has 2 aromatic carbocycles. The van der Waals surface area contributed by atoms with E-state index in [4.69, 9.17) is 27.9 Å². The van der Waals surface area contributed by atoms with E-state index in [2.05, 4.69) is 16.8 Å². The molecule has 0 N–H and O–H groups in total. The highest BCUT2D eigenvalue weighted by Gasteiger charge is 2.13. The molecule has 4 nitrogen and oxygen atoms in total. The molecule has 3 aromatic rings. The fourth-order valence-corrected chi connectivity index (χ4v) is 3.78. The van der Waals surface area contributed by atoms with Gasteiger partial charge >= 0.3 is 0 Å². The van der Waals surface area contributed by atoms with Crippen molar-refractivity contribution < 1.29 is 4.74 Å². The standard InChI is InChI=1S/C20H19Cl2N3OS/c1-3-9-25-19(12-26-18-10-14(2)7-8-17(18)22)23-24-20(25)27-13-15-5-4-6-16(21)11-15/h3-8,10-11H,1,9,12-13H2,2H3. The van der Waals surface area contributed by atoms with Crippen molar-refractivity contribution in [3.05, 3.63) is 82.1 Å². The second-order valence-corrected chi connectivity index (χ2v) is 7.73. The molecule has 0 atom stereocenters. The van der Waals surface area contributed by atoms with E-state index in [0.29, 0.717) is 17.3 Å². The number of aryl methyl sites for hydroxylation is 1. The first kappa shape index (κ1) is 19.8. The average Bonchev–Trinajstić information content (AvgIpc) is 3.03. The van der Waals surface area contributed by atoms with E-state index in [1.807, 2.05) is 60.0 Å². The largest absolute Gasteiger partial charge is 0.484 e. The van der Waals surface area contributed by atoms with E-state index in [-0.39, 0.29) is 6.61 Å². The van der Waals surface area contributed by atoms with Gasteiger partial charge in [0.15, 0.2) is 11.0 Å². The average molecular weight is 420 g/mol.